The third kappa shape index (κ3) is 2.21. The summed E-state index contributed by atoms with van der Waals surface area (Å²) in [6.07, 6.45) is 1.27. The van der Waals surface area contributed by atoms with E-state index < -0.39 is 0 Å². The zero-order valence-electron chi connectivity index (χ0n) is 7.63. The number of carbonyl (C=O) groups excluding carboxylic acids is 1. The first-order valence-electron chi connectivity index (χ1n) is 4.35. The molecule has 1 aliphatic heterocycles. The molecule has 11 heavy (non-hydrogen) atoms. The Hall–Kier alpha value is -0.530. The minimum absolute atomic E-state index is 0.225. The van der Waals surface area contributed by atoms with Crippen molar-refractivity contribution in [1.29, 1.82) is 0 Å². The Morgan fingerprint density at radius 3 is 2.09 bits per heavy atom. The molecule has 0 radical (unpaired) electrons. The highest BCUT2D eigenvalue weighted by Gasteiger charge is 2.22. The van der Waals surface area contributed by atoms with Gasteiger partial charge in [0.2, 0.25) is 5.91 Å². The van der Waals surface area contributed by atoms with Crippen LogP contribution in [-0.4, -0.2) is 23.9 Å². The van der Waals surface area contributed by atoms with E-state index in [-0.39, 0.29) is 5.91 Å². The zero-order valence-corrected chi connectivity index (χ0v) is 7.63. The van der Waals surface area contributed by atoms with Gasteiger partial charge in [-0.1, -0.05) is 13.8 Å². The Morgan fingerprint density at radius 2 is 1.73 bits per heavy atom. The lowest BCUT2D eigenvalue weighted by atomic mass is 9.92. The number of amides is 1. The molecule has 1 amide bonds. The molecule has 64 valence electrons. The summed E-state index contributed by atoms with van der Waals surface area (Å²) in [5.74, 6) is 1.59. The maximum atomic E-state index is 11.0. The van der Waals surface area contributed by atoms with Gasteiger partial charge in [0.25, 0.3) is 0 Å². The molecule has 1 heterocycles. The summed E-state index contributed by atoms with van der Waals surface area (Å²) in [5, 5.41) is 0. The second kappa shape index (κ2) is 3.24. The van der Waals surface area contributed by atoms with E-state index in [1.807, 2.05) is 4.90 Å². The van der Waals surface area contributed by atoms with Crippen LogP contribution in [0.25, 0.3) is 0 Å². The van der Waals surface area contributed by atoms with Crippen molar-refractivity contribution in [3.8, 4) is 0 Å². The van der Waals surface area contributed by atoms with Crippen LogP contribution in [0, 0.1) is 11.8 Å². The molecule has 2 heteroatoms. The van der Waals surface area contributed by atoms with Crippen LogP contribution in [0.1, 0.15) is 27.2 Å². The molecule has 0 spiro atoms. The second-order valence-corrected chi connectivity index (χ2v) is 3.87. The van der Waals surface area contributed by atoms with Crippen molar-refractivity contribution in [1.82, 2.24) is 4.90 Å². The first kappa shape index (κ1) is 8.57. The van der Waals surface area contributed by atoms with Crippen molar-refractivity contribution in [2.75, 3.05) is 13.1 Å². The van der Waals surface area contributed by atoms with Crippen LogP contribution in [0.3, 0.4) is 0 Å². The summed E-state index contributed by atoms with van der Waals surface area (Å²) in [6, 6.07) is 0. The fourth-order valence-electron chi connectivity index (χ4n) is 1.92. The number of carbonyl (C=O) groups is 1. The number of nitrogens with zero attached hydrogens (tertiary/aromatic N) is 1. The van der Waals surface area contributed by atoms with Gasteiger partial charge in [-0.2, -0.15) is 0 Å². The van der Waals surface area contributed by atoms with E-state index >= 15 is 0 Å². The third-order valence-electron chi connectivity index (χ3n) is 2.31. The molecule has 1 fully saturated rings. The molecule has 0 aromatic carbocycles. The highest BCUT2D eigenvalue weighted by Crippen LogP contribution is 2.20. The van der Waals surface area contributed by atoms with Crippen molar-refractivity contribution in [3.05, 3.63) is 0 Å². The van der Waals surface area contributed by atoms with E-state index in [4.69, 9.17) is 0 Å². The minimum atomic E-state index is 0.225. The van der Waals surface area contributed by atoms with Gasteiger partial charge in [0.1, 0.15) is 0 Å². The third-order valence-corrected chi connectivity index (χ3v) is 2.31. The Bertz CT molecular complexity index is 146. The second-order valence-electron chi connectivity index (χ2n) is 3.87. The number of likely N-dealkylation sites (tertiary alicyclic amines) is 1. The molecular weight excluding hydrogens is 138 g/mol. The van der Waals surface area contributed by atoms with Crippen molar-refractivity contribution < 1.29 is 4.79 Å². The van der Waals surface area contributed by atoms with Crippen molar-refractivity contribution in [3.63, 3.8) is 0 Å². The first-order valence-corrected chi connectivity index (χ1v) is 4.35. The van der Waals surface area contributed by atoms with Gasteiger partial charge in [-0.25, -0.2) is 0 Å². The van der Waals surface area contributed by atoms with Gasteiger partial charge in [0, 0.05) is 20.0 Å². The van der Waals surface area contributed by atoms with Crippen molar-refractivity contribution >= 4 is 5.91 Å². The molecule has 2 atom stereocenters. The van der Waals surface area contributed by atoms with Gasteiger partial charge >= 0.3 is 0 Å². The standard InChI is InChI=1S/C9H17NO/c1-7-4-8(2)6-10(5-7)9(3)11/h7-8H,4-6H2,1-3H3/t7-,8-/m0/s1. The normalized spacial score (nSPS) is 32.1. The summed E-state index contributed by atoms with van der Waals surface area (Å²) in [6.45, 7) is 8.00. The summed E-state index contributed by atoms with van der Waals surface area (Å²) in [4.78, 5) is 13.0. The zero-order chi connectivity index (χ0) is 8.43. The quantitative estimate of drug-likeness (QED) is 0.519. The highest BCUT2D eigenvalue weighted by molar-refractivity contribution is 5.73. The number of rotatable bonds is 0. The van der Waals surface area contributed by atoms with E-state index in [1.165, 1.54) is 6.42 Å². The Balaban J connectivity index is 2.49. The lowest BCUT2D eigenvalue weighted by Crippen LogP contribution is -2.41. The van der Waals surface area contributed by atoms with E-state index in [0.717, 1.165) is 13.1 Å². The number of piperidine rings is 1. The summed E-state index contributed by atoms with van der Waals surface area (Å²) in [7, 11) is 0. The van der Waals surface area contributed by atoms with Crippen molar-refractivity contribution in [2.24, 2.45) is 11.8 Å². The Morgan fingerprint density at radius 1 is 1.27 bits per heavy atom. The molecule has 0 saturated carbocycles. The molecule has 0 aliphatic carbocycles. The summed E-state index contributed by atoms with van der Waals surface area (Å²) >= 11 is 0. The van der Waals surface area contributed by atoms with Gasteiger partial charge < -0.3 is 4.90 Å². The molecule has 0 bridgehead atoms. The van der Waals surface area contributed by atoms with E-state index in [0.29, 0.717) is 11.8 Å². The summed E-state index contributed by atoms with van der Waals surface area (Å²) in [5.41, 5.74) is 0. The molecule has 1 saturated heterocycles. The monoisotopic (exact) mass is 155 g/mol. The highest BCUT2D eigenvalue weighted by atomic mass is 16.2. The molecule has 2 nitrogen and oxygen atoms in total. The SMILES string of the molecule is CC(=O)N1C[C@@H](C)C[C@H](C)C1. The molecular formula is C9H17NO. The molecule has 0 N–H and O–H groups in total. The summed E-state index contributed by atoms with van der Waals surface area (Å²) < 4.78 is 0. The number of hydrogen-bond acceptors (Lipinski definition) is 1. The van der Waals surface area contributed by atoms with Crippen LogP contribution in [0.15, 0.2) is 0 Å². The van der Waals surface area contributed by atoms with Gasteiger partial charge in [-0.05, 0) is 18.3 Å². The Kier molecular flexibility index (Phi) is 2.53. The predicted molar refractivity (Wildman–Crippen MR) is 45.2 cm³/mol. The van der Waals surface area contributed by atoms with Crippen LogP contribution in [-0.2, 0) is 4.79 Å². The first-order chi connectivity index (χ1) is 5.09. The Labute approximate surface area is 68.6 Å². The largest absolute Gasteiger partial charge is 0.342 e. The maximum absolute atomic E-state index is 11.0. The fourth-order valence-corrected chi connectivity index (χ4v) is 1.92. The topological polar surface area (TPSA) is 20.3 Å². The maximum Gasteiger partial charge on any atom is 0.219 e. The van der Waals surface area contributed by atoms with Gasteiger partial charge in [-0.15, -0.1) is 0 Å². The van der Waals surface area contributed by atoms with Gasteiger partial charge in [-0.3, -0.25) is 4.79 Å². The van der Waals surface area contributed by atoms with E-state index in [2.05, 4.69) is 13.8 Å². The minimum Gasteiger partial charge on any atom is -0.342 e. The van der Waals surface area contributed by atoms with Crippen LogP contribution in [0.5, 0.6) is 0 Å². The van der Waals surface area contributed by atoms with E-state index in [9.17, 15) is 4.79 Å². The lowest BCUT2D eigenvalue weighted by Gasteiger charge is -2.34. The number of hydrogen-bond donors (Lipinski definition) is 0. The van der Waals surface area contributed by atoms with Crippen LogP contribution in [0.4, 0.5) is 0 Å². The molecule has 0 unspecified atom stereocenters. The van der Waals surface area contributed by atoms with Gasteiger partial charge in [0.05, 0.1) is 0 Å². The lowest BCUT2D eigenvalue weighted by molar-refractivity contribution is -0.131. The fraction of sp³-hybridized carbons (Fsp3) is 0.889. The smallest absolute Gasteiger partial charge is 0.219 e. The van der Waals surface area contributed by atoms with Crippen LogP contribution < -0.4 is 0 Å². The van der Waals surface area contributed by atoms with Crippen molar-refractivity contribution in [2.45, 2.75) is 27.2 Å². The average molecular weight is 155 g/mol. The molecule has 0 aromatic rings. The van der Waals surface area contributed by atoms with Crippen LogP contribution >= 0.6 is 0 Å². The average Bonchev–Trinajstić information content (AvgIpc) is 1.85. The van der Waals surface area contributed by atoms with Gasteiger partial charge in [0.15, 0.2) is 0 Å². The van der Waals surface area contributed by atoms with E-state index in [1.54, 1.807) is 6.92 Å². The van der Waals surface area contributed by atoms with Crippen LogP contribution in [0.2, 0.25) is 0 Å². The molecule has 1 rings (SSSR count). The predicted octanol–water partition coefficient (Wildman–Crippen LogP) is 1.51. The molecule has 0 aromatic heterocycles. The molecule has 1 aliphatic rings.